The zero-order valence-electron chi connectivity index (χ0n) is 31.3. The van der Waals surface area contributed by atoms with Crippen molar-refractivity contribution in [2.45, 2.75) is 103 Å². The number of hydrogen-bond acceptors (Lipinski definition) is 9. The second-order valence-electron chi connectivity index (χ2n) is 13.5. The summed E-state index contributed by atoms with van der Waals surface area (Å²) in [4.78, 5) is 72.1. The van der Waals surface area contributed by atoms with Gasteiger partial charge in [-0.1, -0.05) is 102 Å². The number of nitrogens with two attached hydrogens (primary N) is 1. The van der Waals surface area contributed by atoms with Crippen molar-refractivity contribution in [3.63, 3.8) is 0 Å². The molecule has 0 aliphatic carbocycles. The third kappa shape index (κ3) is 10.0. The van der Waals surface area contributed by atoms with E-state index in [1.165, 1.54) is 110 Å². The van der Waals surface area contributed by atoms with Gasteiger partial charge in [0.25, 0.3) is 5.56 Å². The number of ketones is 2. The van der Waals surface area contributed by atoms with E-state index in [0.717, 1.165) is 39.3 Å². The molecular weight excluding hydrogens is 698 g/mol. The minimum absolute atomic E-state index is 0.0293. The fraction of sp³-hybridized carbons (Fsp3) is 0.500. The van der Waals surface area contributed by atoms with Crippen LogP contribution in [0.4, 0.5) is 5.69 Å². The maximum absolute atomic E-state index is 14.5. The zero-order valence-corrected chi connectivity index (χ0v) is 32.1. The van der Waals surface area contributed by atoms with Gasteiger partial charge in [0.15, 0.2) is 28.8 Å². The van der Waals surface area contributed by atoms with Crippen molar-refractivity contribution in [1.29, 1.82) is 0 Å². The third-order valence-corrected chi connectivity index (χ3v) is 10.0. The van der Waals surface area contributed by atoms with Gasteiger partial charge in [-0.2, -0.15) is 0 Å². The van der Waals surface area contributed by atoms with Gasteiger partial charge in [-0.25, -0.2) is 14.6 Å². The highest BCUT2D eigenvalue weighted by Crippen LogP contribution is 2.33. The molecular formula is C40H52ClN5O7. The molecule has 2 N–H and O–H groups in total. The smallest absolute Gasteiger partial charge is 0.340 e. The minimum Gasteiger partial charge on any atom is -0.497 e. The first-order valence-corrected chi connectivity index (χ1v) is 19.0. The Labute approximate surface area is 315 Å². The first-order valence-electron chi connectivity index (χ1n) is 18.6. The number of unbranched alkanes of at least 4 members (excludes halogenated alkanes) is 13. The maximum atomic E-state index is 14.5. The molecule has 4 rings (SSSR count). The lowest BCUT2D eigenvalue weighted by Crippen LogP contribution is -2.39. The van der Waals surface area contributed by atoms with E-state index in [0.29, 0.717) is 12.2 Å². The van der Waals surface area contributed by atoms with E-state index in [-0.39, 0.29) is 45.2 Å². The summed E-state index contributed by atoms with van der Waals surface area (Å²) in [6.07, 6.45) is 18.0. The maximum Gasteiger partial charge on any atom is 0.340 e. The van der Waals surface area contributed by atoms with Crippen LogP contribution >= 0.6 is 11.6 Å². The molecule has 286 valence electrons. The standard InChI is InChI=1S/C40H52ClN5O7/c1-5-6-7-8-9-10-11-12-13-14-15-16-17-18-25-53-39(50)29-23-24-30(41)31(32(29)42)36(48)33(35(47)27-19-21-28(52-4)22-20-27)46-26-43-37-34(46)38(49)45(3)40(51)44(37)2/h19-24,26,33H,5-18,25,42H2,1-4H3. The zero-order chi connectivity index (χ0) is 38.5. The topological polar surface area (TPSA) is 158 Å². The first kappa shape index (κ1) is 41.1. The predicted molar refractivity (Wildman–Crippen MR) is 207 cm³/mol. The lowest BCUT2D eigenvalue weighted by atomic mass is 9.93. The van der Waals surface area contributed by atoms with Crippen LogP contribution in [0, 0.1) is 0 Å². The Bertz CT molecular complexity index is 2000. The molecule has 0 bridgehead atoms. The van der Waals surface area contributed by atoms with Gasteiger partial charge < -0.3 is 19.8 Å². The Hall–Kier alpha value is -4.71. The van der Waals surface area contributed by atoms with Gasteiger partial charge >= 0.3 is 11.7 Å². The van der Waals surface area contributed by atoms with Gasteiger partial charge in [0.2, 0.25) is 0 Å². The molecule has 2 aromatic carbocycles. The first-order chi connectivity index (χ1) is 25.5. The molecule has 0 spiro atoms. The van der Waals surface area contributed by atoms with Crippen LogP contribution in [0.3, 0.4) is 0 Å². The summed E-state index contributed by atoms with van der Waals surface area (Å²) in [5, 5.41) is -0.103. The minimum atomic E-state index is -1.74. The van der Waals surface area contributed by atoms with Crippen LogP contribution in [0.5, 0.6) is 5.75 Å². The van der Waals surface area contributed by atoms with Crippen molar-refractivity contribution >= 4 is 46.0 Å². The molecule has 12 nitrogen and oxygen atoms in total. The molecule has 1 atom stereocenters. The molecule has 1 unspecified atom stereocenters. The number of methoxy groups -OCH3 is 1. The van der Waals surface area contributed by atoms with Crippen molar-refractivity contribution in [1.82, 2.24) is 18.7 Å². The Morgan fingerprint density at radius 3 is 1.92 bits per heavy atom. The fourth-order valence-corrected chi connectivity index (χ4v) is 6.80. The summed E-state index contributed by atoms with van der Waals surface area (Å²) in [6, 6.07) is 7.05. The van der Waals surface area contributed by atoms with E-state index in [1.54, 1.807) is 12.1 Å². The van der Waals surface area contributed by atoms with Crippen molar-refractivity contribution in [2.75, 3.05) is 19.5 Å². The Balaban J connectivity index is 1.46. The Kier molecular flexibility index (Phi) is 15.4. The number of hydrogen-bond donors (Lipinski definition) is 1. The van der Waals surface area contributed by atoms with Gasteiger partial charge in [-0.15, -0.1) is 0 Å². The number of nitrogen functional groups attached to an aromatic ring is 1. The molecule has 2 aromatic heterocycles. The molecule has 0 radical (unpaired) electrons. The highest BCUT2D eigenvalue weighted by Gasteiger charge is 2.36. The lowest BCUT2D eigenvalue weighted by Gasteiger charge is -2.20. The second-order valence-corrected chi connectivity index (χ2v) is 13.9. The van der Waals surface area contributed by atoms with Gasteiger partial charge in [0, 0.05) is 19.7 Å². The van der Waals surface area contributed by atoms with Crippen molar-refractivity contribution in [3.05, 3.63) is 85.3 Å². The van der Waals surface area contributed by atoms with Gasteiger partial charge in [0.05, 0.1) is 41.9 Å². The van der Waals surface area contributed by atoms with Gasteiger partial charge in [-0.05, 0) is 42.8 Å². The van der Waals surface area contributed by atoms with Crippen molar-refractivity contribution in [2.24, 2.45) is 14.1 Å². The summed E-state index contributed by atoms with van der Waals surface area (Å²) >= 11 is 6.55. The Morgan fingerprint density at radius 1 is 0.792 bits per heavy atom. The van der Waals surface area contributed by atoms with Gasteiger partial charge in [-0.3, -0.25) is 23.5 Å². The normalized spacial score (nSPS) is 11.9. The third-order valence-electron chi connectivity index (χ3n) is 9.71. The molecule has 0 amide bonds. The number of Topliss-reactive ketones (excluding diaryl/α,β-unsaturated/α-hetero) is 2. The number of anilines is 1. The number of imidazole rings is 1. The summed E-state index contributed by atoms with van der Waals surface area (Å²) in [5.41, 5.74) is 4.36. The summed E-state index contributed by atoms with van der Waals surface area (Å²) in [6.45, 7) is 2.43. The molecule has 2 heterocycles. The highest BCUT2D eigenvalue weighted by molar-refractivity contribution is 6.36. The number of nitrogens with zero attached hydrogens (tertiary/aromatic N) is 4. The van der Waals surface area contributed by atoms with E-state index < -0.39 is 34.8 Å². The molecule has 13 heteroatoms. The number of aromatic nitrogens is 4. The molecule has 0 saturated heterocycles. The quantitative estimate of drug-likeness (QED) is 0.0281. The van der Waals surface area contributed by atoms with Crippen molar-refractivity contribution in [3.8, 4) is 5.75 Å². The summed E-state index contributed by atoms with van der Waals surface area (Å²) < 4.78 is 13.9. The molecule has 0 aliphatic rings. The number of rotatable bonds is 22. The van der Waals surface area contributed by atoms with E-state index >= 15 is 0 Å². The van der Waals surface area contributed by atoms with E-state index in [2.05, 4.69) is 11.9 Å². The van der Waals surface area contributed by atoms with Crippen molar-refractivity contribution < 1.29 is 23.9 Å². The lowest BCUT2D eigenvalue weighted by molar-refractivity contribution is 0.0498. The van der Waals surface area contributed by atoms with E-state index in [9.17, 15) is 24.0 Å². The number of esters is 1. The number of ether oxygens (including phenoxy) is 2. The van der Waals surface area contributed by atoms with Crippen LogP contribution in [-0.4, -0.2) is 49.9 Å². The van der Waals surface area contributed by atoms with Gasteiger partial charge in [0.1, 0.15) is 5.75 Å². The molecule has 0 saturated carbocycles. The molecule has 4 aromatic rings. The van der Waals surface area contributed by atoms with E-state index in [1.807, 2.05) is 0 Å². The monoisotopic (exact) mass is 749 g/mol. The Morgan fingerprint density at radius 2 is 1.36 bits per heavy atom. The van der Waals surface area contributed by atoms with Crippen LogP contribution in [-0.2, 0) is 18.8 Å². The predicted octanol–water partition coefficient (Wildman–Crippen LogP) is 7.62. The van der Waals surface area contributed by atoms with Crippen LogP contribution in [0.1, 0.15) is 134 Å². The van der Waals surface area contributed by atoms with E-state index in [4.69, 9.17) is 26.8 Å². The highest BCUT2D eigenvalue weighted by atomic mass is 35.5. The number of fused-ring (bicyclic) bond motifs is 1. The average molecular weight is 750 g/mol. The summed E-state index contributed by atoms with van der Waals surface area (Å²) in [7, 11) is 4.18. The number of benzene rings is 2. The van der Waals surface area contributed by atoms with Crippen LogP contribution < -0.4 is 21.7 Å². The molecule has 0 fully saturated rings. The van der Waals surface area contributed by atoms with Crippen LogP contribution in [0.2, 0.25) is 5.02 Å². The van der Waals surface area contributed by atoms with Crippen LogP contribution in [0.25, 0.3) is 11.2 Å². The number of halogens is 1. The average Bonchev–Trinajstić information content (AvgIpc) is 3.59. The SMILES string of the molecule is CCCCCCCCCCCCCCCCOC(=O)c1ccc(Cl)c(C(=O)C(C(=O)c2ccc(OC)cc2)n2cnc3c2c(=O)n(C)c(=O)n3C)c1N. The number of carbonyl (C=O) groups excluding carboxylic acids is 3. The number of aryl methyl sites for hydroxylation is 1. The second kappa shape index (κ2) is 19.9. The fourth-order valence-electron chi connectivity index (χ4n) is 6.54. The molecule has 0 aliphatic heterocycles. The largest absolute Gasteiger partial charge is 0.497 e. The molecule has 53 heavy (non-hydrogen) atoms. The summed E-state index contributed by atoms with van der Waals surface area (Å²) in [5.74, 6) is -1.84. The van der Waals surface area contributed by atoms with Crippen LogP contribution in [0.15, 0.2) is 52.3 Å². The number of carbonyl (C=O) groups is 3.